The largest absolute Gasteiger partial charge is 0.360 e. The number of nitriles is 1. The lowest BCUT2D eigenvalue weighted by Crippen LogP contribution is -2.14. The minimum absolute atomic E-state index is 0.0476. The van der Waals surface area contributed by atoms with Crippen molar-refractivity contribution in [2.24, 2.45) is 0 Å². The first-order chi connectivity index (χ1) is 40.6. The van der Waals surface area contributed by atoms with Gasteiger partial charge in [0.2, 0.25) is 23.7 Å². The van der Waals surface area contributed by atoms with Crippen molar-refractivity contribution in [2.45, 2.75) is 4.90 Å². The van der Waals surface area contributed by atoms with Crippen LogP contribution in [0.2, 0.25) is 5.02 Å². The second kappa shape index (κ2) is 26.8. The van der Waals surface area contributed by atoms with Gasteiger partial charge in [-0.25, -0.2) is 28.4 Å². The average Bonchev–Trinajstić information content (AvgIpc) is 4.11. The molecule has 0 fully saturated rings. The summed E-state index contributed by atoms with van der Waals surface area (Å²) in [4.78, 5) is 65.2. The van der Waals surface area contributed by atoms with Crippen LogP contribution in [-0.4, -0.2) is 107 Å². The predicted octanol–water partition coefficient (Wildman–Crippen LogP) is 11.4. The van der Waals surface area contributed by atoms with Gasteiger partial charge in [-0.1, -0.05) is 72.3 Å². The Bertz CT molecular complexity index is 4230. The summed E-state index contributed by atoms with van der Waals surface area (Å²) in [5.41, 5.74) is 8.64. The van der Waals surface area contributed by atoms with Crippen LogP contribution in [0.1, 0.15) is 15.9 Å². The summed E-state index contributed by atoms with van der Waals surface area (Å²) in [5, 5.41) is 26.7. The fourth-order valence-corrected chi connectivity index (χ4v) is 9.66. The van der Waals surface area contributed by atoms with Gasteiger partial charge in [0.05, 0.1) is 45.0 Å². The highest BCUT2D eigenvalue weighted by Crippen LogP contribution is 2.34. The zero-order valence-electron chi connectivity index (χ0n) is 45.8. The van der Waals surface area contributed by atoms with Crippen molar-refractivity contribution in [3.05, 3.63) is 211 Å². The highest BCUT2D eigenvalue weighted by Gasteiger charge is 2.18. The number of rotatable bonds is 19. The molecule has 4 heterocycles. The van der Waals surface area contributed by atoms with E-state index in [2.05, 4.69) is 67.3 Å². The number of hydrogen-bond donors (Lipinski definition) is 8. The normalized spacial score (nSPS) is 11.4. The third kappa shape index (κ3) is 15.3. The number of aromatic nitrogens is 6. The minimum atomic E-state index is -3.90. The number of para-hydroxylation sites is 2. The fraction of sp³-hybridized carbons (Fsp3) is 0.0968. The van der Waals surface area contributed by atoms with Gasteiger partial charge < -0.3 is 46.4 Å². The van der Waals surface area contributed by atoms with Crippen LogP contribution in [0.3, 0.4) is 0 Å². The van der Waals surface area contributed by atoms with Crippen LogP contribution in [-0.2, 0) is 19.6 Å². The molecule has 84 heavy (non-hydrogen) atoms. The lowest BCUT2D eigenvalue weighted by atomic mass is 10.1. The summed E-state index contributed by atoms with van der Waals surface area (Å²) in [7, 11) is 3.75. The number of H-pyrrole nitrogens is 2. The van der Waals surface area contributed by atoms with E-state index in [1.165, 1.54) is 48.8 Å². The molecule has 10 aromatic rings. The van der Waals surface area contributed by atoms with Gasteiger partial charge in [0, 0.05) is 105 Å². The molecule has 20 nitrogen and oxygen atoms in total. The molecule has 3 amide bonds. The molecule has 8 N–H and O–H groups in total. The number of nitrogens with zero attached hydrogens (tertiary/aromatic N) is 7. The van der Waals surface area contributed by atoms with Crippen molar-refractivity contribution < 1.29 is 22.8 Å². The summed E-state index contributed by atoms with van der Waals surface area (Å²) in [6.07, 6.45) is 13.1. The molecule has 0 saturated heterocycles. The Hall–Kier alpha value is -10.5. The molecule has 4 aromatic heterocycles. The smallest absolute Gasteiger partial charge is 0.261 e. The Morgan fingerprint density at radius 1 is 0.583 bits per heavy atom. The molecule has 0 spiro atoms. The van der Waals surface area contributed by atoms with Crippen molar-refractivity contribution in [3.8, 4) is 28.6 Å². The number of nitrogens with one attached hydrogen (secondary N) is 8. The monoisotopic (exact) mass is 1160 g/mol. The molecule has 422 valence electrons. The first-order valence-electron chi connectivity index (χ1n) is 26.0. The Morgan fingerprint density at radius 2 is 1.07 bits per heavy atom. The van der Waals surface area contributed by atoms with Crippen molar-refractivity contribution in [1.82, 2.24) is 39.7 Å². The van der Waals surface area contributed by atoms with E-state index in [4.69, 9.17) is 11.6 Å². The van der Waals surface area contributed by atoms with E-state index in [9.17, 15) is 28.1 Å². The number of carbonyl (C=O) groups excluding carboxylic acids is 3. The van der Waals surface area contributed by atoms with Crippen LogP contribution >= 0.6 is 11.6 Å². The number of aromatic amines is 2. The minimum Gasteiger partial charge on any atom is -0.360 e. The van der Waals surface area contributed by atoms with Crippen LogP contribution in [0.25, 0.3) is 44.3 Å². The maximum atomic E-state index is 13.1. The molecule has 0 aliphatic heterocycles. The molecule has 0 aliphatic carbocycles. The summed E-state index contributed by atoms with van der Waals surface area (Å²) in [6, 6.07) is 44.3. The van der Waals surface area contributed by atoms with Gasteiger partial charge in [-0.15, -0.1) is 0 Å². The summed E-state index contributed by atoms with van der Waals surface area (Å²) < 4.78 is 28.7. The number of hydrogen-bond acceptors (Lipinski definition) is 14. The van der Waals surface area contributed by atoms with Crippen LogP contribution in [0.15, 0.2) is 200 Å². The Balaban J connectivity index is 0.000000202. The molecule has 0 aliphatic rings. The first-order valence-corrected chi connectivity index (χ1v) is 27.9. The fourth-order valence-electron chi connectivity index (χ4n) is 8.42. The highest BCUT2D eigenvalue weighted by atomic mass is 35.5. The van der Waals surface area contributed by atoms with Crippen molar-refractivity contribution >= 4 is 107 Å². The van der Waals surface area contributed by atoms with E-state index >= 15 is 0 Å². The molecule has 0 saturated carbocycles. The molecule has 0 unspecified atom stereocenters. The van der Waals surface area contributed by atoms with Crippen molar-refractivity contribution in [3.63, 3.8) is 0 Å². The van der Waals surface area contributed by atoms with Gasteiger partial charge in [-0.2, -0.15) is 5.26 Å². The standard InChI is InChI=1S/C32H28N8O2.C30H28ClN7O3S/c1-40(2)16-6-11-29(41)36-23-14-12-21(13-15-23)31(42)37-24-7-5-8-25(17-24)38-32-35-19-22(18-33)30(39-32)27-20-34-28-10-4-3-9-26(27)28;1-38(2)16-6-11-28(39)34-20-12-14-23(15-13-20)42(40,41)37-22-8-5-7-21(17-22)35-30-33-19-26(31)29(36-30)25-18-32-27-10-4-3-9-24(25)27/h3-15,17,19-20,34H,16H2,1-2H3,(H,36,41)(H,37,42)(H,35,38,39);3-15,17-19,32,37H,16H2,1-2H3,(H,34,39)(H,33,35,36)/b2*11-6+. The zero-order chi connectivity index (χ0) is 59.2. The second-order valence-corrected chi connectivity index (χ2v) is 21.4. The van der Waals surface area contributed by atoms with E-state index in [1.807, 2.05) is 105 Å². The van der Waals surface area contributed by atoms with E-state index in [1.54, 1.807) is 78.9 Å². The number of anilines is 8. The Kier molecular flexibility index (Phi) is 18.6. The Labute approximate surface area is 489 Å². The van der Waals surface area contributed by atoms with Crippen LogP contribution in [0, 0.1) is 11.3 Å². The molecule has 0 radical (unpaired) electrons. The van der Waals surface area contributed by atoms with E-state index in [0.29, 0.717) is 86.6 Å². The molecule has 6 aromatic carbocycles. The maximum absolute atomic E-state index is 13.1. The molecular formula is C62H56ClN15O5S. The van der Waals surface area contributed by atoms with Gasteiger partial charge >= 0.3 is 0 Å². The van der Waals surface area contributed by atoms with E-state index < -0.39 is 10.0 Å². The summed E-state index contributed by atoms with van der Waals surface area (Å²) in [6.45, 7) is 1.29. The average molecular weight is 1160 g/mol. The molecular weight excluding hydrogens is 1100 g/mol. The van der Waals surface area contributed by atoms with Crippen LogP contribution in [0.4, 0.5) is 46.0 Å². The zero-order valence-corrected chi connectivity index (χ0v) is 47.4. The van der Waals surface area contributed by atoms with Crippen molar-refractivity contribution in [1.29, 1.82) is 5.26 Å². The Morgan fingerprint density at radius 3 is 1.63 bits per heavy atom. The van der Waals surface area contributed by atoms with Crippen LogP contribution in [0.5, 0.6) is 0 Å². The molecule has 22 heteroatoms. The third-order valence-electron chi connectivity index (χ3n) is 12.4. The second-order valence-electron chi connectivity index (χ2n) is 19.3. The maximum Gasteiger partial charge on any atom is 0.261 e. The third-order valence-corrected chi connectivity index (χ3v) is 14.1. The number of sulfonamides is 1. The van der Waals surface area contributed by atoms with Crippen LogP contribution < -0.4 is 31.3 Å². The molecule has 0 atom stereocenters. The first kappa shape index (κ1) is 58.2. The van der Waals surface area contributed by atoms with Gasteiger partial charge in [0.25, 0.3) is 15.9 Å². The van der Waals surface area contributed by atoms with Crippen molar-refractivity contribution in [2.75, 3.05) is 72.6 Å². The lowest BCUT2D eigenvalue weighted by Gasteiger charge is -2.12. The topological polar surface area (TPSA) is 271 Å². The van der Waals surface area contributed by atoms with Gasteiger partial charge in [-0.3, -0.25) is 19.1 Å². The van der Waals surface area contributed by atoms with Gasteiger partial charge in [0.15, 0.2) is 0 Å². The van der Waals surface area contributed by atoms with Gasteiger partial charge in [0.1, 0.15) is 6.07 Å². The number of benzene rings is 6. The number of fused-ring (bicyclic) bond motifs is 2. The SMILES string of the molecule is CN(C)C/C=C/C(=O)Nc1ccc(C(=O)Nc2cccc(Nc3ncc(C#N)c(-c4c[nH]c5ccccc45)n3)c2)cc1.CN(C)C/C=C/C(=O)Nc1ccc(S(=O)(=O)Nc2cccc(Nc3ncc(Cl)c(-c4c[nH]c5ccccc45)n3)c2)cc1. The summed E-state index contributed by atoms with van der Waals surface area (Å²) in [5.74, 6) is -0.223. The molecule has 0 bridgehead atoms. The number of halogens is 1. The number of likely N-dealkylation sites (N-methyl/N-ethyl adjacent to an activating group) is 2. The van der Waals surface area contributed by atoms with Gasteiger partial charge in [-0.05, 0) is 125 Å². The van der Waals surface area contributed by atoms with E-state index in [-0.39, 0.29) is 22.6 Å². The highest BCUT2D eigenvalue weighted by molar-refractivity contribution is 7.92. The summed E-state index contributed by atoms with van der Waals surface area (Å²) >= 11 is 6.44. The number of amides is 3. The molecule has 10 rings (SSSR count). The van der Waals surface area contributed by atoms with E-state index in [0.717, 1.165) is 32.9 Å². The lowest BCUT2D eigenvalue weighted by molar-refractivity contribution is -0.112. The quantitative estimate of drug-likeness (QED) is 0.0350. The predicted molar refractivity (Wildman–Crippen MR) is 332 cm³/mol. The number of carbonyl (C=O) groups is 3.